The van der Waals surface area contributed by atoms with Crippen LogP contribution in [0.2, 0.25) is 0 Å². The van der Waals surface area contributed by atoms with E-state index in [0.29, 0.717) is 12.5 Å². The maximum absolute atomic E-state index is 6.92. The van der Waals surface area contributed by atoms with E-state index < -0.39 is 0 Å². The molecule has 3 aromatic carbocycles. The van der Waals surface area contributed by atoms with Gasteiger partial charge in [-0.05, 0) is 52.4 Å². The lowest BCUT2D eigenvalue weighted by Crippen LogP contribution is -2.23. The van der Waals surface area contributed by atoms with Gasteiger partial charge >= 0.3 is 0 Å². The predicted octanol–water partition coefficient (Wildman–Crippen LogP) is 7.93. The molecule has 0 amide bonds. The van der Waals surface area contributed by atoms with Crippen molar-refractivity contribution in [3.05, 3.63) is 71.6 Å². The number of nitrogens with two attached hydrogens (primary N) is 1. The topological polar surface area (TPSA) is 30.4 Å². The molecule has 0 aliphatic heterocycles. The third kappa shape index (κ3) is 7.08. The SMILES string of the molecule is [C-]#[N+]CC(C)CCCCCCCCCC(N)Cc1c2ccccc2cc2ccccc12. The summed E-state index contributed by atoms with van der Waals surface area (Å²) in [6.07, 6.45) is 12.4. The molecule has 0 aromatic heterocycles. The zero-order valence-corrected chi connectivity index (χ0v) is 19.2. The highest BCUT2D eigenvalue weighted by Crippen LogP contribution is 2.29. The molecule has 164 valence electrons. The molecular formula is C29H38N2. The molecule has 2 heteroatoms. The van der Waals surface area contributed by atoms with Gasteiger partial charge in [0.2, 0.25) is 6.54 Å². The highest BCUT2D eigenvalue weighted by Gasteiger charge is 2.11. The highest BCUT2D eigenvalue weighted by molar-refractivity contribution is 6.02. The Hall–Kier alpha value is -2.37. The second-order valence-electron chi connectivity index (χ2n) is 9.26. The molecule has 0 spiro atoms. The maximum Gasteiger partial charge on any atom is 0.217 e. The fourth-order valence-electron chi connectivity index (χ4n) is 4.72. The minimum atomic E-state index is 0.221. The molecule has 31 heavy (non-hydrogen) atoms. The Kier molecular flexibility index (Phi) is 9.38. The Morgan fingerprint density at radius 1 is 0.774 bits per heavy atom. The van der Waals surface area contributed by atoms with Crippen molar-refractivity contribution < 1.29 is 0 Å². The van der Waals surface area contributed by atoms with E-state index in [1.54, 1.807) is 0 Å². The van der Waals surface area contributed by atoms with Crippen molar-refractivity contribution in [1.29, 1.82) is 0 Å². The van der Waals surface area contributed by atoms with Crippen molar-refractivity contribution in [3.63, 3.8) is 0 Å². The van der Waals surface area contributed by atoms with Gasteiger partial charge in [-0.3, -0.25) is 0 Å². The van der Waals surface area contributed by atoms with Gasteiger partial charge in [-0.25, -0.2) is 6.57 Å². The smallest absolute Gasteiger partial charge is 0.217 e. The molecule has 2 unspecified atom stereocenters. The zero-order chi connectivity index (χ0) is 21.9. The van der Waals surface area contributed by atoms with Crippen molar-refractivity contribution in [3.8, 4) is 0 Å². The van der Waals surface area contributed by atoms with Crippen LogP contribution in [0.4, 0.5) is 0 Å². The fraction of sp³-hybridized carbons (Fsp3) is 0.483. The summed E-state index contributed by atoms with van der Waals surface area (Å²) in [4.78, 5) is 3.49. The molecule has 0 bridgehead atoms. The van der Waals surface area contributed by atoms with Crippen LogP contribution in [-0.2, 0) is 6.42 Å². The van der Waals surface area contributed by atoms with Gasteiger partial charge in [0, 0.05) is 12.0 Å². The Morgan fingerprint density at radius 2 is 1.29 bits per heavy atom. The number of rotatable bonds is 13. The van der Waals surface area contributed by atoms with Crippen LogP contribution >= 0.6 is 0 Å². The monoisotopic (exact) mass is 414 g/mol. The quantitative estimate of drug-likeness (QED) is 0.172. The normalized spacial score (nSPS) is 13.3. The van der Waals surface area contributed by atoms with Gasteiger partial charge in [-0.1, -0.05) is 100 Å². The lowest BCUT2D eigenvalue weighted by Gasteiger charge is -2.16. The van der Waals surface area contributed by atoms with Gasteiger partial charge in [0.1, 0.15) is 0 Å². The summed E-state index contributed by atoms with van der Waals surface area (Å²) in [6.45, 7) is 9.81. The first-order valence-corrected chi connectivity index (χ1v) is 12.2. The Balaban J connectivity index is 1.41. The van der Waals surface area contributed by atoms with Crippen molar-refractivity contribution in [2.24, 2.45) is 11.7 Å². The first kappa shape index (κ1) is 23.3. The molecule has 2 atom stereocenters. The number of hydrogen-bond donors (Lipinski definition) is 1. The van der Waals surface area contributed by atoms with Gasteiger partial charge in [0.05, 0.1) is 0 Å². The van der Waals surface area contributed by atoms with Crippen LogP contribution < -0.4 is 5.73 Å². The van der Waals surface area contributed by atoms with Crippen LogP contribution in [-0.4, -0.2) is 12.6 Å². The summed E-state index contributed by atoms with van der Waals surface area (Å²) < 4.78 is 0. The number of nitrogens with zero attached hydrogens (tertiary/aromatic N) is 1. The van der Waals surface area contributed by atoms with Crippen molar-refractivity contribution in [1.82, 2.24) is 0 Å². The molecule has 2 N–H and O–H groups in total. The molecule has 0 aliphatic carbocycles. The minimum Gasteiger partial charge on any atom is -0.327 e. The van der Waals surface area contributed by atoms with E-state index in [-0.39, 0.29) is 6.04 Å². The van der Waals surface area contributed by atoms with Crippen molar-refractivity contribution in [2.45, 2.75) is 77.2 Å². The van der Waals surface area contributed by atoms with Gasteiger partial charge in [-0.2, -0.15) is 0 Å². The first-order chi connectivity index (χ1) is 15.2. The Morgan fingerprint density at radius 3 is 1.87 bits per heavy atom. The van der Waals surface area contributed by atoms with Crippen molar-refractivity contribution >= 4 is 21.5 Å². The lowest BCUT2D eigenvalue weighted by molar-refractivity contribution is 0.494. The molecule has 3 aromatic rings. The second-order valence-corrected chi connectivity index (χ2v) is 9.26. The highest BCUT2D eigenvalue weighted by atomic mass is 14.6. The number of hydrogen-bond acceptors (Lipinski definition) is 1. The van der Waals surface area contributed by atoms with E-state index in [4.69, 9.17) is 12.3 Å². The lowest BCUT2D eigenvalue weighted by atomic mass is 9.91. The van der Waals surface area contributed by atoms with E-state index in [9.17, 15) is 0 Å². The second kappa shape index (κ2) is 12.5. The molecule has 0 heterocycles. The summed E-state index contributed by atoms with van der Waals surface area (Å²) in [6, 6.07) is 19.9. The first-order valence-electron chi connectivity index (χ1n) is 12.2. The van der Waals surface area contributed by atoms with Crippen molar-refractivity contribution in [2.75, 3.05) is 6.54 Å². The molecule has 0 saturated heterocycles. The third-order valence-electron chi connectivity index (χ3n) is 6.52. The minimum absolute atomic E-state index is 0.221. The third-order valence-corrected chi connectivity index (χ3v) is 6.52. The van der Waals surface area contributed by atoms with Crippen LogP contribution in [0.15, 0.2) is 54.6 Å². The van der Waals surface area contributed by atoms with Crippen LogP contribution in [0.3, 0.4) is 0 Å². The number of benzene rings is 3. The maximum atomic E-state index is 6.92. The van der Waals surface area contributed by atoms with E-state index in [0.717, 1.165) is 12.8 Å². The van der Waals surface area contributed by atoms with Crippen LogP contribution in [0.1, 0.15) is 70.3 Å². The standard InChI is InChI=1S/C29H38N2/c1-23(22-31-2)14-8-6-4-3-5-7-9-17-26(30)21-29-27-18-12-10-15-24(27)20-25-16-11-13-19-28(25)29/h10-13,15-16,18-20,23,26H,3-9,14,17,21-22,30H2,1H3. The van der Waals surface area contributed by atoms with Gasteiger partial charge in [-0.15, -0.1) is 0 Å². The molecule has 2 nitrogen and oxygen atoms in total. The average Bonchev–Trinajstić information content (AvgIpc) is 2.78. The zero-order valence-electron chi connectivity index (χ0n) is 19.2. The number of unbranched alkanes of at least 4 members (excludes halogenated alkanes) is 6. The summed E-state index contributed by atoms with van der Waals surface area (Å²) >= 11 is 0. The van der Waals surface area contributed by atoms with E-state index >= 15 is 0 Å². The van der Waals surface area contributed by atoms with E-state index in [1.807, 2.05) is 0 Å². The molecule has 0 radical (unpaired) electrons. The van der Waals surface area contributed by atoms with Crippen LogP contribution in [0, 0.1) is 12.5 Å². The molecule has 3 rings (SSSR count). The Labute approximate surface area is 188 Å². The summed E-state index contributed by atoms with van der Waals surface area (Å²) in [5.41, 5.74) is 8.01. The largest absolute Gasteiger partial charge is 0.327 e. The summed E-state index contributed by atoms with van der Waals surface area (Å²) in [5.74, 6) is 0.567. The van der Waals surface area contributed by atoms with Gasteiger partial charge < -0.3 is 10.6 Å². The van der Waals surface area contributed by atoms with Crippen LogP contribution in [0.25, 0.3) is 26.4 Å². The number of fused-ring (bicyclic) bond motifs is 2. The summed E-state index contributed by atoms with van der Waals surface area (Å²) in [5, 5.41) is 5.32. The average molecular weight is 415 g/mol. The summed E-state index contributed by atoms with van der Waals surface area (Å²) in [7, 11) is 0. The fourth-order valence-corrected chi connectivity index (χ4v) is 4.72. The van der Waals surface area contributed by atoms with Gasteiger partial charge in [0.15, 0.2) is 0 Å². The molecule has 0 saturated carbocycles. The van der Waals surface area contributed by atoms with Crippen LogP contribution in [0.5, 0.6) is 0 Å². The molecular weight excluding hydrogens is 376 g/mol. The molecule has 0 fully saturated rings. The molecule has 0 aliphatic rings. The Bertz CT molecular complexity index is 931. The van der Waals surface area contributed by atoms with E-state index in [2.05, 4.69) is 66.4 Å². The van der Waals surface area contributed by atoms with Gasteiger partial charge in [0.25, 0.3) is 0 Å². The predicted molar refractivity (Wildman–Crippen MR) is 135 cm³/mol. The van der Waals surface area contributed by atoms with E-state index in [1.165, 1.54) is 78.5 Å².